The Labute approximate surface area is 136 Å². The Balaban J connectivity index is 2.48. The van der Waals surface area contributed by atoms with Crippen LogP contribution in [0.1, 0.15) is 0 Å². The molecule has 0 atom stereocenters. The molecule has 1 N–H and O–H groups in total. The van der Waals surface area contributed by atoms with Gasteiger partial charge in [-0.05, 0) is 22.9 Å². The number of ketones is 1. The SMILES string of the molecule is O=C(/C(C=Nc1ccc2ccccc2c1)=C(\O)C(F)(F)F)C(F)(F)F. The molecule has 0 amide bonds. The predicted molar refractivity (Wildman–Crippen MR) is 78.9 cm³/mol. The minimum atomic E-state index is -5.59. The first-order valence-electron chi connectivity index (χ1n) is 6.65. The van der Waals surface area contributed by atoms with E-state index in [0.29, 0.717) is 5.39 Å². The zero-order valence-electron chi connectivity index (χ0n) is 12.2. The molecule has 0 aromatic heterocycles. The highest BCUT2D eigenvalue weighted by Crippen LogP contribution is 2.30. The zero-order chi connectivity index (χ0) is 18.8. The van der Waals surface area contributed by atoms with Crippen molar-refractivity contribution in [2.24, 2.45) is 4.99 Å². The van der Waals surface area contributed by atoms with Crippen molar-refractivity contribution in [2.45, 2.75) is 12.4 Å². The van der Waals surface area contributed by atoms with Gasteiger partial charge in [0.1, 0.15) is 0 Å². The third kappa shape index (κ3) is 4.37. The van der Waals surface area contributed by atoms with Gasteiger partial charge in [0, 0.05) is 6.21 Å². The van der Waals surface area contributed by atoms with Gasteiger partial charge in [-0.2, -0.15) is 26.3 Å². The number of benzene rings is 2. The summed E-state index contributed by atoms with van der Waals surface area (Å²) in [5.41, 5.74) is -1.96. The van der Waals surface area contributed by atoms with Crippen LogP contribution in [0.2, 0.25) is 0 Å². The zero-order valence-corrected chi connectivity index (χ0v) is 12.2. The van der Waals surface area contributed by atoms with E-state index in [1.807, 2.05) is 0 Å². The average molecular weight is 361 g/mol. The first-order chi connectivity index (χ1) is 11.5. The fourth-order valence-electron chi connectivity index (χ4n) is 1.93. The van der Waals surface area contributed by atoms with Gasteiger partial charge in [0.05, 0.1) is 11.3 Å². The van der Waals surface area contributed by atoms with Crippen molar-refractivity contribution in [3.63, 3.8) is 0 Å². The van der Waals surface area contributed by atoms with Crippen molar-refractivity contribution in [1.29, 1.82) is 0 Å². The quantitative estimate of drug-likeness (QED) is 0.360. The van der Waals surface area contributed by atoms with Crippen molar-refractivity contribution in [1.82, 2.24) is 0 Å². The Morgan fingerprint density at radius 1 is 0.920 bits per heavy atom. The number of aliphatic hydroxyl groups excluding tert-OH is 1. The monoisotopic (exact) mass is 361 g/mol. The lowest BCUT2D eigenvalue weighted by molar-refractivity contribution is -0.167. The Kier molecular flexibility index (Phi) is 4.87. The molecule has 0 radical (unpaired) electrons. The topological polar surface area (TPSA) is 49.7 Å². The first kappa shape index (κ1) is 18.5. The standard InChI is InChI=1S/C16H9F6NO2/c17-15(18,19)13(24)12(14(25)16(20,21)22)8-23-11-6-5-9-3-1-2-4-10(9)7-11/h1-8,24H/b13-12-,23-8?. The van der Waals surface area contributed by atoms with E-state index < -0.39 is 29.5 Å². The van der Waals surface area contributed by atoms with Crippen LogP contribution in [0, 0.1) is 0 Å². The number of alkyl halides is 6. The predicted octanol–water partition coefficient (Wildman–Crippen LogP) is 5.05. The van der Waals surface area contributed by atoms with Crippen molar-refractivity contribution in [3.05, 3.63) is 53.8 Å². The number of halogens is 6. The molecule has 0 saturated heterocycles. The summed E-state index contributed by atoms with van der Waals surface area (Å²) in [6.45, 7) is 0. The summed E-state index contributed by atoms with van der Waals surface area (Å²) in [5.74, 6) is -5.49. The molecule has 2 rings (SSSR count). The lowest BCUT2D eigenvalue weighted by Crippen LogP contribution is -2.29. The largest absolute Gasteiger partial charge is 0.504 e. The number of Topliss-reactive ketones (excluding diaryl/α,β-unsaturated/α-hetero) is 1. The van der Waals surface area contributed by atoms with E-state index in [1.165, 1.54) is 12.1 Å². The van der Waals surface area contributed by atoms with Crippen LogP contribution in [-0.2, 0) is 4.79 Å². The highest BCUT2D eigenvalue weighted by Gasteiger charge is 2.46. The minimum absolute atomic E-state index is 0.0150. The molecule has 0 aliphatic carbocycles. The van der Waals surface area contributed by atoms with E-state index in [9.17, 15) is 31.1 Å². The Bertz CT molecular complexity index is 865. The summed E-state index contributed by atoms with van der Waals surface area (Å²) < 4.78 is 74.9. The molecule has 0 spiro atoms. The second-order valence-electron chi connectivity index (χ2n) is 4.88. The lowest BCUT2D eigenvalue weighted by atomic mass is 10.1. The third-order valence-corrected chi connectivity index (χ3v) is 3.10. The van der Waals surface area contributed by atoms with Gasteiger partial charge in [0.2, 0.25) is 5.76 Å². The fraction of sp³-hybridized carbons (Fsp3) is 0.125. The Morgan fingerprint density at radius 3 is 2.08 bits per heavy atom. The Morgan fingerprint density at radius 2 is 1.52 bits per heavy atom. The minimum Gasteiger partial charge on any atom is -0.504 e. The molecule has 25 heavy (non-hydrogen) atoms. The van der Waals surface area contributed by atoms with Crippen LogP contribution >= 0.6 is 0 Å². The number of carbonyl (C=O) groups excluding carboxylic acids is 1. The summed E-state index contributed by atoms with van der Waals surface area (Å²) in [4.78, 5) is 14.6. The molecule has 2 aromatic carbocycles. The van der Waals surface area contributed by atoms with E-state index in [-0.39, 0.29) is 11.9 Å². The Hall–Kier alpha value is -2.84. The van der Waals surface area contributed by atoms with E-state index in [1.54, 1.807) is 30.3 Å². The smallest absolute Gasteiger partial charge is 0.455 e. The van der Waals surface area contributed by atoms with Gasteiger partial charge >= 0.3 is 12.4 Å². The maximum Gasteiger partial charge on any atom is 0.455 e. The number of fused-ring (bicyclic) bond motifs is 1. The van der Waals surface area contributed by atoms with Gasteiger partial charge in [-0.3, -0.25) is 9.79 Å². The molecule has 9 heteroatoms. The van der Waals surface area contributed by atoms with Crippen molar-refractivity contribution < 1.29 is 36.2 Å². The van der Waals surface area contributed by atoms with Crippen molar-refractivity contribution in [2.75, 3.05) is 0 Å². The number of hydrogen-bond acceptors (Lipinski definition) is 3. The summed E-state index contributed by atoms with van der Waals surface area (Å²) in [6, 6.07) is 11.2. The number of allylic oxidation sites excluding steroid dienone is 2. The van der Waals surface area contributed by atoms with Crippen LogP contribution < -0.4 is 0 Å². The normalized spacial score (nSPS) is 14.0. The van der Waals surface area contributed by atoms with Crippen LogP contribution in [0.3, 0.4) is 0 Å². The third-order valence-electron chi connectivity index (χ3n) is 3.10. The lowest BCUT2D eigenvalue weighted by Gasteiger charge is -2.11. The molecule has 3 nitrogen and oxygen atoms in total. The highest BCUT2D eigenvalue weighted by molar-refractivity contribution is 6.16. The maximum absolute atomic E-state index is 12.5. The van der Waals surface area contributed by atoms with Gasteiger partial charge in [0.25, 0.3) is 5.78 Å². The van der Waals surface area contributed by atoms with Crippen LogP contribution in [0.15, 0.2) is 58.8 Å². The number of aliphatic hydroxyl groups is 1. The molecule has 0 saturated carbocycles. The summed E-state index contributed by atoms with van der Waals surface area (Å²) in [7, 11) is 0. The van der Waals surface area contributed by atoms with Crippen LogP contribution in [0.4, 0.5) is 32.0 Å². The van der Waals surface area contributed by atoms with E-state index in [4.69, 9.17) is 5.11 Å². The van der Waals surface area contributed by atoms with Crippen LogP contribution in [0.5, 0.6) is 0 Å². The fourth-order valence-corrected chi connectivity index (χ4v) is 1.93. The highest BCUT2D eigenvalue weighted by atomic mass is 19.4. The van der Waals surface area contributed by atoms with Gasteiger partial charge in [-0.25, -0.2) is 0 Å². The van der Waals surface area contributed by atoms with E-state index >= 15 is 0 Å². The number of hydrogen-bond donors (Lipinski definition) is 1. The molecule has 0 unspecified atom stereocenters. The van der Waals surface area contributed by atoms with E-state index in [2.05, 4.69) is 4.99 Å². The number of aliphatic imine (C=N–C) groups is 1. The molecule has 0 fully saturated rings. The molecule has 0 aliphatic rings. The second kappa shape index (κ2) is 6.58. The van der Waals surface area contributed by atoms with E-state index in [0.717, 1.165) is 5.39 Å². The number of rotatable bonds is 3. The molecular weight excluding hydrogens is 352 g/mol. The number of carbonyl (C=O) groups is 1. The van der Waals surface area contributed by atoms with Crippen molar-refractivity contribution >= 4 is 28.5 Å². The maximum atomic E-state index is 12.5. The molecular formula is C16H9F6NO2. The summed E-state index contributed by atoms with van der Waals surface area (Å²) >= 11 is 0. The summed E-state index contributed by atoms with van der Waals surface area (Å²) in [6.07, 6.45) is -11.1. The summed E-state index contributed by atoms with van der Waals surface area (Å²) in [5, 5.41) is 10.4. The van der Waals surface area contributed by atoms with Crippen molar-refractivity contribution in [3.8, 4) is 0 Å². The average Bonchev–Trinajstić information content (AvgIpc) is 2.52. The van der Waals surface area contributed by atoms with Crippen LogP contribution in [-0.4, -0.2) is 29.5 Å². The molecule has 0 aliphatic heterocycles. The second-order valence-corrected chi connectivity index (χ2v) is 4.88. The first-order valence-corrected chi connectivity index (χ1v) is 6.65. The molecule has 2 aromatic rings. The number of nitrogens with zero attached hydrogens (tertiary/aromatic N) is 1. The molecule has 0 bridgehead atoms. The van der Waals surface area contributed by atoms with Gasteiger partial charge < -0.3 is 5.11 Å². The van der Waals surface area contributed by atoms with Gasteiger partial charge in [0.15, 0.2) is 0 Å². The van der Waals surface area contributed by atoms with Gasteiger partial charge in [-0.1, -0.05) is 30.3 Å². The molecule has 132 valence electrons. The van der Waals surface area contributed by atoms with Gasteiger partial charge in [-0.15, -0.1) is 0 Å². The molecule has 0 heterocycles. The van der Waals surface area contributed by atoms with Crippen LogP contribution in [0.25, 0.3) is 10.8 Å².